The molecule has 0 aromatic carbocycles. The van der Waals surface area contributed by atoms with E-state index in [2.05, 4.69) is 5.32 Å². The van der Waals surface area contributed by atoms with E-state index in [1.807, 2.05) is 13.8 Å². The maximum atomic E-state index is 12.4. The number of likely N-dealkylation sites (tertiary alicyclic amines) is 1. The second-order valence-electron chi connectivity index (χ2n) is 6.09. The van der Waals surface area contributed by atoms with E-state index in [0.29, 0.717) is 0 Å². The highest BCUT2D eigenvalue weighted by Gasteiger charge is 2.44. The molecule has 1 aliphatic carbocycles. The summed E-state index contributed by atoms with van der Waals surface area (Å²) >= 11 is 0. The molecule has 1 saturated heterocycles. The molecule has 1 saturated carbocycles. The Bertz CT molecular complexity index is 416. The molecule has 2 rings (SSSR count). The van der Waals surface area contributed by atoms with Gasteiger partial charge in [-0.2, -0.15) is 0 Å². The van der Waals surface area contributed by atoms with Crippen LogP contribution in [0.1, 0.15) is 46.0 Å². The zero-order valence-electron chi connectivity index (χ0n) is 12.1. The van der Waals surface area contributed by atoms with Gasteiger partial charge in [0.15, 0.2) is 0 Å². The van der Waals surface area contributed by atoms with Crippen LogP contribution in [0, 0.1) is 5.92 Å². The quantitative estimate of drug-likeness (QED) is 0.702. The van der Waals surface area contributed by atoms with Gasteiger partial charge < -0.3 is 5.73 Å². The second-order valence-corrected chi connectivity index (χ2v) is 6.09. The van der Waals surface area contributed by atoms with Crippen LogP contribution in [0.5, 0.6) is 0 Å². The third-order valence-electron chi connectivity index (χ3n) is 4.23. The number of amides is 3. The number of hydrogen-bond donors (Lipinski definition) is 2. The molecule has 20 heavy (non-hydrogen) atoms. The molecule has 2 aliphatic rings. The molecule has 2 atom stereocenters. The Labute approximate surface area is 119 Å². The minimum absolute atomic E-state index is 0.0177. The van der Waals surface area contributed by atoms with Crippen molar-refractivity contribution in [2.45, 2.75) is 64.1 Å². The van der Waals surface area contributed by atoms with Gasteiger partial charge in [0.05, 0.1) is 18.5 Å². The molecular weight excluding hydrogens is 258 g/mol. The van der Waals surface area contributed by atoms with E-state index in [1.54, 1.807) is 0 Å². The van der Waals surface area contributed by atoms with Crippen LogP contribution in [0.3, 0.4) is 0 Å². The average Bonchev–Trinajstić information content (AvgIpc) is 2.94. The summed E-state index contributed by atoms with van der Waals surface area (Å²) in [6.45, 7) is 3.72. The number of carbonyl (C=O) groups excluding carboxylic acids is 3. The second kappa shape index (κ2) is 5.91. The van der Waals surface area contributed by atoms with Gasteiger partial charge in [-0.15, -0.1) is 0 Å². The number of nitrogens with zero attached hydrogens (tertiary/aromatic N) is 1. The first-order chi connectivity index (χ1) is 9.41. The molecule has 6 heteroatoms. The smallest absolute Gasteiger partial charge is 0.247 e. The van der Waals surface area contributed by atoms with Gasteiger partial charge in [0.1, 0.15) is 0 Å². The summed E-state index contributed by atoms with van der Waals surface area (Å²) in [5, 5.41) is 2.96. The van der Waals surface area contributed by atoms with E-state index in [4.69, 9.17) is 5.73 Å². The molecule has 0 spiro atoms. The van der Waals surface area contributed by atoms with Gasteiger partial charge in [-0.1, -0.05) is 26.7 Å². The monoisotopic (exact) mass is 281 g/mol. The van der Waals surface area contributed by atoms with E-state index in [1.165, 1.54) is 4.90 Å². The van der Waals surface area contributed by atoms with Crippen molar-refractivity contribution in [2.24, 2.45) is 11.7 Å². The number of nitrogens with two attached hydrogens (primary N) is 1. The lowest BCUT2D eigenvalue weighted by Gasteiger charge is -2.24. The summed E-state index contributed by atoms with van der Waals surface area (Å²) in [4.78, 5) is 37.2. The Morgan fingerprint density at radius 3 is 2.40 bits per heavy atom. The molecule has 3 amide bonds. The van der Waals surface area contributed by atoms with Crippen molar-refractivity contribution in [1.29, 1.82) is 0 Å². The molecular formula is C14H23N3O3. The van der Waals surface area contributed by atoms with Gasteiger partial charge in [-0.3, -0.25) is 24.6 Å². The fraction of sp³-hybridized carbons (Fsp3) is 0.786. The Kier molecular flexibility index (Phi) is 4.42. The molecule has 0 bridgehead atoms. The highest BCUT2D eigenvalue weighted by molar-refractivity contribution is 6.06. The summed E-state index contributed by atoms with van der Waals surface area (Å²) in [5.74, 6) is -0.837. The Morgan fingerprint density at radius 1 is 1.30 bits per heavy atom. The normalized spacial score (nSPS) is 25.8. The lowest BCUT2D eigenvalue weighted by Crippen LogP contribution is -2.52. The van der Waals surface area contributed by atoms with Crippen LogP contribution in [0.25, 0.3) is 0 Å². The van der Waals surface area contributed by atoms with Crippen molar-refractivity contribution in [3.8, 4) is 0 Å². The Balaban J connectivity index is 2.05. The number of imide groups is 1. The zero-order chi connectivity index (χ0) is 14.9. The van der Waals surface area contributed by atoms with Gasteiger partial charge in [-0.05, 0) is 18.8 Å². The SMILES string of the molecule is CC(C)C(NC1CC(=O)N(C2CCCC2)C1=O)C(N)=O. The topological polar surface area (TPSA) is 92.5 Å². The van der Waals surface area contributed by atoms with E-state index in [9.17, 15) is 14.4 Å². The Morgan fingerprint density at radius 2 is 1.90 bits per heavy atom. The van der Waals surface area contributed by atoms with Crippen LogP contribution >= 0.6 is 0 Å². The predicted molar refractivity (Wildman–Crippen MR) is 73.5 cm³/mol. The number of hydrogen-bond acceptors (Lipinski definition) is 4. The molecule has 1 aliphatic heterocycles. The largest absolute Gasteiger partial charge is 0.368 e. The van der Waals surface area contributed by atoms with Crippen LogP contribution in [0.15, 0.2) is 0 Å². The van der Waals surface area contributed by atoms with Crippen LogP contribution < -0.4 is 11.1 Å². The van der Waals surface area contributed by atoms with E-state index in [-0.39, 0.29) is 30.2 Å². The maximum Gasteiger partial charge on any atom is 0.247 e. The minimum atomic E-state index is -0.608. The van der Waals surface area contributed by atoms with Crippen molar-refractivity contribution in [3.05, 3.63) is 0 Å². The van der Waals surface area contributed by atoms with Crippen LogP contribution in [-0.2, 0) is 14.4 Å². The van der Waals surface area contributed by atoms with Gasteiger partial charge >= 0.3 is 0 Å². The predicted octanol–water partition coefficient (Wildman–Crippen LogP) is 0.156. The number of rotatable bonds is 5. The molecule has 3 N–H and O–H groups in total. The van der Waals surface area contributed by atoms with Crippen molar-refractivity contribution in [3.63, 3.8) is 0 Å². The number of carbonyl (C=O) groups is 3. The van der Waals surface area contributed by atoms with E-state index < -0.39 is 18.0 Å². The van der Waals surface area contributed by atoms with E-state index >= 15 is 0 Å². The van der Waals surface area contributed by atoms with Crippen LogP contribution in [0.2, 0.25) is 0 Å². The first kappa shape index (κ1) is 15.0. The zero-order valence-corrected chi connectivity index (χ0v) is 12.1. The summed E-state index contributed by atoms with van der Waals surface area (Å²) in [7, 11) is 0. The van der Waals surface area contributed by atoms with Gasteiger partial charge in [0.25, 0.3) is 0 Å². The molecule has 2 unspecified atom stereocenters. The highest BCUT2D eigenvalue weighted by Crippen LogP contribution is 2.28. The summed E-state index contributed by atoms with van der Waals surface area (Å²) in [5.41, 5.74) is 5.34. The standard InChI is InChI=1S/C14H23N3O3/c1-8(2)12(13(15)19)16-10-7-11(18)17(14(10)20)9-5-3-4-6-9/h8-10,12,16H,3-7H2,1-2H3,(H2,15,19). The summed E-state index contributed by atoms with van der Waals surface area (Å²) in [6.07, 6.45) is 4.05. The molecule has 112 valence electrons. The minimum Gasteiger partial charge on any atom is -0.368 e. The fourth-order valence-electron chi connectivity index (χ4n) is 3.15. The summed E-state index contributed by atoms with van der Waals surface area (Å²) < 4.78 is 0. The maximum absolute atomic E-state index is 12.4. The molecule has 0 radical (unpaired) electrons. The summed E-state index contributed by atoms with van der Waals surface area (Å²) in [6, 6.07) is -1.14. The van der Waals surface area contributed by atoms with Crippen molar-refractivity contribution in [2.75, 3.05) is 0 Å². The lowest BCUT2D eigenvalue weighted by molar-refractivity contribution is -0.141. The third-order valence-corrected chi connectivity index (χ3v) is 4.23. The fourth-order valence-corrected chi connectivity index (χ4v) is 3.15. The molecule has 2 fully saturated rings. The number of primary amides is 1. The first-order valence-corrected chi connectivity index (χ1v) is 7.33. The molecule has 6 nitrogen and oxygen atoms in total. The highest BCUT2D eigenvalue weighted by atomic mass is 16.2. The van der Waals surface area contributed by atoms with Crippen molar-refractivity contribution >= 4 is 17.7 Å². The lowest BCUT2D eigenvalue weighted by atomic mass is 10.0. The molecule has 0 aromatic rings. The molecule has 1 heterocycles. The molecule has 0 aromatic heterocycles. The number of nitrogens with one attached hydrogen (secondary N) is 1. The van der Waals surface area contributed by atoms with E-state index in [0.717, 1.165) is 25.7 Å². The van der Waals surface area contributed by atoms with Gasteiger partial charge in [0, 0.05) is 6.04 Å². The van der Waals surface area contributed by atoms with Crippen molar-refractivity contribution in [1.82, 2.24) is 10.2 Å². The van der Waals surface area contributed by atoms with Crippen LogP contribution in [0.4, 0.5) is 0 Å². The first-order valence-electron chi connectivity index (χ1n) is 7.33. The van der Waals surface area contributed by atoms with Gasteiger partial charge in [-0.25, -0.2) is 0 Å². The van der Waals surface area contributed by atoms with Crippen molar-refractivity contribution < 1.29 is 14.4 Å². The average molecular weight is 281 g/mol. The van der Waals surface area contributed by atoms with Gasteiger partial charge in [0.2, 0.25) is 17.7 Å². The third kappa shape index (κ3) is 2.85. The Hall–Kier alpha value is -1.43. The van der Waals surface area contributed by atoms with Crippen LogP contribution in [-0.4, -0.2) is 40.7 Å².